The molecule has 3 aliphatic carbocycles. The average molecular weight is 304 g/mol. The van der Waals surface area contributed by atoms with E-state index in [0.717, 1.165) is 40.9 Å². The Labute approximate surface area is 138 Å². The lowest BCUT2D eigenvalue weighted by Gasteiger charge is -2.55. The standard InChI is InChI=1S/C21H37N/c1-15(2)20-14-22-11-7-19(20)18(13-22)12-16(3)21-8-4-17(5-9-21)6-10-21/h15-20H,4-14H2,1-3H3. The van der Waals surface area contributed by atoms with Crippen molar-refractivity contribution in [3.8, 4) is 0 Å². The smallest absolute Gasteiger partial charge is 0.00150 e. The molecule has 0 aromatic carbocycles. The monoisotopic (exact) mass is 303 g/mol. The summed E-state index contributed by atoms with van der Waals surface area (Å²) >= 11 is 0. The molecule has 6 aliphatic rings. The number of piperidine rings is 3. The van der Waals surface area contributed by atoms with Crippen molar-refractivity contribution in [3.63, 3.8) is 0 Å². The summed E-state index contributed by atoms with van der Waals surface area (Å²) in [6, 6.07) is 0. The molecular weight excluding hydrogens is 266 g/mol. The summed E-state index contributed by atoms with van der Waals surface area (Å²) in [4.78, 5) is 2.80. The van der Waals surface area contributed by atoms with Crippen LogP contribution >= 0.6 is 0 Å². The largest absolute Gasteiger partial charge is 0.303 e. The molecule has 6 fully saturated rings. The zero-order valence-electron chi connectivity index (χ0n) is 15.2. The molecule has 6 rings (SSSR count). The van der Waals surface area contributed by atoms with Crippen molar-refractivity contribution in [2.75, 3.05) is 19.6 Å². The maximum Gasteiger partial charge on any atom is 0.00150 e. The van der Waals surface area contributed by atoms with Gasteiger partial charge in [-0.25, -0.2) is 0 Å². The van der Waals surface area contributed by atoms with E-state index in [4.69, 9.17) is 0 Å². The SMILES string of the molecule is CC(C)C1CN2CCC1C(CC(C)C13CCC(CC1)CC3)C2. The summed E-state index contributed by atoms with van der Waals surface area (Å²) in [5, 5.41) is 0. The van der Waals surface area contributed by atoms with Crippen LogP contribution in [0.3, 0.4) is 0 Å². The van der Waals surface area contributed by atoms with Gasteiger partial charge in [0.25, 0.3) is 0 Å². The number of rotatable bonds is 4. The van der Waals surface area contributed by atoms with Gasteiger partial charge in [0.05, 0.1) is 0 Å². The Balaban J connectivity index is 1.44. The van der Waals surface area contributed by atoms with Gasteiger partial charge >= 0.3 is 0 Å². The fourth-order valence-corrected chi connectivity index (χ4v) is 6.97. The van der Waals surface area contributed by atoms with Gasteiger partial charge in [0.15, 0.2) is 0 Å². The molecule has 3 aliphatic heterocycles. The van der Waals surface area contributed by atoms with Gasteiger partial charge in [-0.15, -0.1) is 0 Å². The Morgan fingerprint density at radius 1 is 0.955 bits per heavy atom. The molecule has 0 aromatic rings. The van der Waals surface area contributed by atoms with Crippen LogP contribution in [0.1, 0.15) is 72.1 Å². The maximum absolute atomic E-state index is 2.80. The van der Waals surface area contributed by atoms with Gasteiger partial charge in [-0.2, -0.15) is 0 Å². The second-order valence-corrected chi connectivity index (χ2v) is 9.86. The van der Waals surface area contributed by atoms with E-state index in [0.29, 0.717) is 0 Å². The second kappa shape index (κ2) is 5.80. The number of nitrogens with zero attached hydrogens (tertiary/aromatic N) is 1. The molecule has 3 saturated heterocycles. The van der Waals surface area contributed by atoms with Crippen LogP contribution in [0.25, 0.3) is 0 Å². The van der Waals surface area contributed by atoms with Gasteiger partial charge in [0.2, 0.25) is 0 Å². The van der Waals surface area contributed by atoms with Gasteiger partial charge in [-0.3, -0.25) is 0 Å². The zero-order valence-corrected chi connectivity index (χ0v) is 15.2. The minimum absolute atomic E-state index is 0.758. The van der Waals surface area contributed by atoms with Gasteiger partial charge in [0, 0.05) is 13.1 Å². The van der Waals surface area contributed by atoms with E-state index in [2.05, 4.69) is 25.7 Å². The van der Waals surface area contributed by atoms with Crippen LogP contribution in [0.15, 0.2) is 0 Å². The highest BCUT2D eigenvalue weighted by molar-refractivity contribution is 4.98. The third-order valence-electron chi connectivity index (χ3n) is 8.61. The second-order valence-electron chi connectivity index (χ2n) is 9.86. The minimum Gasteiger partial charge on any atom is -0.303 e. The summed E-state index contributed by atoms with van der Waals surface area (Å²) in [5.41, 5.74) is 0.758. The quantitative estimate of drug-likeness (QED) is 0.689. The molecule has 0 N–H and O–H groups in total. The summed E-state index contributed by atoms with van der Waals surface area (Å²) in [6.45, 7) is 11.8. The van der Waals surface area contributed by atoms with Gasteiger partial charge in [0.1, 0.15) is 0 Å². The Kier molecular flexibility index (Phi) is 4.08. The molecule has 0 amide bonds. The fraction of sp³-hybridized carbons (Fsp3) is 1.00. The maximum atomic E-state index is 2.80. The topological polar surface area (TPSA) is 3.24 Å². The van der Waals surface area contributed by atoms with E-state index in [1.54, 1.807) is 38.5 Å². The van der Waals surface area contributed by atoms with Crippen LogP contribution in [0.5, 0.6) is 0 Å². The Bertz CT molecular complexity index is 379. The number of hydrogen-bond donors (Lipinski definition) is 0. The van der Waals surface area contributed by atoms with E-state index >= 15 is 0 Å². The predicted molar refractivity (Wildman–Crippen MR) is 93.8 cm³/mol. The minimum atomic E-state index is 0.758. The molecular formula is C21H37N. The van der Waals surface area contributed by atoms with E-state index in [1.807, 2.05) is 0 Å². The first-order chi connectivity index (χ1) is 10.6. The van der Waals surface area contributed by atoms with E-state index in [-0.39, 0.29) is 0 Å². The molecule has 0 aromatic heterocycles. The highest BCUT2D eigenvalue weighted by Crippen LogP contribution is 2.56. The first-order valence-corrected chi connectivity index (χ1v) is 10.3. The Hall–Kier alpha value is -0.0400. The first kappa shape index (κ1) is 15.5. The lowest BCUT2D eigenvalue weighted by Crippen LogP contribution is -2.55. The lowest BCUT2D eigenvalue weighted by atomic mass is 9.54. The number of hydrogen-bond acceptors (Lipinski definition) is 1. The molecule has 0 spiro atoms. The van der Waals surface area contributed by atoms with E-state index in [1.165, 1.54) is 32.5 Å². The highest BCUT2D eigenvalue weighted by atomic mass is 15.2. The van der Waals surface area contributed by atoms with E-state index < -0.39 is 0 Å². The average Bonchev–Trinajstić information content (AvgIpc) is 2.57. The van der Waals surface area contributed by atoms with Crippen LogP contribution in [0, 0.1) is 40.9 Å². The summed E-state index contributed by atoms with van der Waals surface area (Å²) in [5.74, 6) is 6.01. The third kappa shape index (κ3) is 2.56. The van der Waals surface area contributed by atoms with Crippen molar-refractivity contribution >= 4 is 0 Å². The van der Waals surface area contributed by atoms with Gasteiger partial charge in [-0.05, 0) is 98.8 Å². The molecule has 5 atom stereocenters. The van der Waals surface area contributed by atoms with Crippen LogP contribution < -0.4 is 0 Å². The van der Waals surface area contributed by atoms with Gasteiger partial charge < -0.3 is 4.90 Å². The predicted octanol–water partition coefficient (Wildman–Crippen LogP) is 5.21. The molecule has 1 nitrogen and oxygen atoms in total. The van der Waals surface area contributed by atoms with Crippen LogP contribution in [-0.4, -0.2) is 24.5 Å². The zero-order chi connectivity index (χ0) is 15.3. The molecule has 22 heavy (non-hydrogen) atoms. The van der Waals surface area contributed by atoms with Crippen molar-refractivity contribution in [1.82, 2.24) is 4.90 Å². The Morgan fingerprint density at radius 2 is 1.64 bits per heavy atom. The summed E-state index contributed by atoms with van der Waals surface area (Å²) in [7, 11) is 0. The molecule has 4 bridgehead atoms. The van der Waals surface area contributed by atoms with Crippen molar-refractivity contribution < 1.29 is 0 Å². The molecule has 0 radical (unpaired) electrons. The van der Waals surface area contributed by atoms with Crippen molar-refractivity contribution in [2.45, 2.75) is 72.1 Å². The fourth-order valence-electron chi connectivity index (χ4n) is 6.97. The Morgan fingerprint density at radius 3 is 2.23 bits per heavy atom. The normalized spacial score (nSPS) is 48.8. The lowest BCUT2D eigenvalue weighted by molar-refractivity contribution is -0.0523. The molecule has 126 valence electrons. The van der Waals surface area contributed by atoms with Crippen molar-refractivity contribution in [1.29, 1.82) is 0 Å². The summed E-state index contributed by atoms with van der Waals surface area (Å²) in [6.07, 6.45) is 12.4. The van der Waals surface area contributed by atoms with Crippen LogP contribution in [0.2, 0.25) is 0 Å². The van der Waals surface area contributed by atoms with Crippen LogP contribution in [-0.2, 0) is 0 Å². The molecule has 1 heteroatoms. The summed E-state index contributed by atoms with van der Waals surface area (Å²) < 4.78 is 0. The van der Waals surface area contributed by atoms with Crippen molar-refractivity contribution in [3.05, 3.63) is 0 Å². The third-order valence-corrected chi connectivity index (χ3v) is 8.61. The molecule has 3 saturated carbocycles. The molecule has 5 unspecified atom stereocenters. The number of fused-ring (bicyclic) bond motifs is 6. The van der Waals surface area contributed by atoms with Crippen molar-refractivity contribution in [2.24, 2.45) is 40.9 Å². The molecule has 3 heterocycles. The van der Waals surface area contributed by atoms with Gasteiger partial charge in [-0.1, -0.05) is 20.8 Å². The first-order valence-electron chi connectivity index (χ1n) is 10.3. The highest BCUT2D eigenvalue weighted by Gasteiger charge is 2.47. The van der Waals surface area contributed by atoms with E-state index in [9.17, 15) is 0 Å². The van der Waals surface area contributed by atoms with Crippen LogP contribution in [0.4, 0.5) is 0 Å².